The zero-order valence-electron chi connectivity index (χ0n) is 26.6. The molecule has 3 aromatic rings. The molecule has 0 aliphatic rings. The van der Waals surface area contributed by atoms with Crippen LogP contribution >= 0.6 is 12.3 Å². The van der Waals surface area contributed by atoms with Crippen LogP contribution in [-0.2, 0) is 68.0 Å². The van der Waals surface area contributed by atoms with Crippen molar-refractivity contribution in [2.75, 3.05) is 36.2 Å². The highest BCUT2D eigenvalue weighted by Gasteiger charge is 2.26. The molecule has 0 aliphatic carbocycles. The quantitative estimate of drug-likeness (QED) is 0.0172. The van der Waals surface area contributed by atoms with Crippen molar-refractivity contribution in [2.24, 2.45) is 20.5 Å². The van der Waals surface area contributed by atoms with Gasteiger partial charge in [-0.3, -0.25) is 17.8 Å². The lowest BCUT2D eigenvalue weighted by Gasteiger charge is -2.11. The first-order valence-electron chi connectivity index (χ1n) is 13.6. The second-order valence-corrected chi connectivity index (χ2v) is 18.6. The standard InChI is InChI=1S/C23H24N6O20S6/c24-14-11-15(25)22(29-27-17-4-2-13(10-19(17)54(40,41)42)52(35,36)8-6-47-55(43,44)45)20(23(30)31)21(14)28-26-16-3-1-12(9-18(16)53(37,38)39)51(33,34)7-5-46-50-49-48-32/h1-4,9-11,32H,5-8,24-25H2,(H,30,31)(H,37,38,39)(H,40,41,42)(H,43,44,45)/b28-26+,29-27+. The number of hydrogen-bond donors (Lipinski definition) is 7. The van der Waals surface area contributed by atoms with Crippen molar-refractivity contribution in [3.63, 3.8) is 0 Å². The molecule has 0 aliphatic heterocycles. The molecule has 302 valence electrons. The van der Waals surface area contributed by atoms with Crippen molar-refractivity contribution >= 4 is 103 Å². The van der Waals surface area contributed by atoms with Gasteiger partial charge in [-0.2, -0.15) is 25.3 Å². The molecule has 0 saturated carbocycles. The highest BCUT2D eigenvalue weighted by atomic mass is 32.3. The first kappa shape index (κ1) is 45.1. The molecule has 0 fully saturated rings. The Morgan fingerprint density at radius 3 is 1.49 bits per heavy atom. The fourth-order valence-corrected chi connectivity index (χ4v) is 8.37. The highest BCUT2D eigenvalue weighted by Crippen LogP contribution is 2.42. The van der Waals surface area contributed by atoms with Crippen LogP contribution < -0.4 is 11.5 Å². The molecule has 3 aromatic carbocycles. The Kier molecular flexibility index (Phi) is 14.5. The molecule has 55 heavy (non-hydrogen) atoms. The summed E-state index contributed by atoms with van der Waals surface area (Å²) < 4.78 is 161. The molecule has 0 radical (unpaired) electrons. The van der Waals surface area contributed by atoms with Crippen LogP contribution in [0.2, 0.25) is 0 Å². The van der Waals surface area contributed by atoms with Gasteiger partial charge in [0, 0.05) is 0 Å². The van der Waals surface area contributed by atoms with Gasteiger partial charge in [-0.1, -0.05) is 5.04 Å². The number of carboxylic acids is 1. The van der Waals surface area contributed by atoms with Gasteiger partial charge >= 0.3 is 16.4 Å². The molecule has 9 N–H and O–H groups in total. The molecular weight excluding hydrogens is 873 g/mol. The Morgan fingerprint density at radius 1 is 0.673 bits per heavy atom. The fraction of sp³-hybridized carbons (Fsp3) is 0.174. The van der Waals surface area contributed by atoms with E-state index in [0.29, 0.717) is 18.2 Å². The summed E-state index contributed by atoms with van der Waals surface area (Å²) in [6.45, 7) is -1.65. The number of rotatable bonds is 19. The largest absolute Gasteiger partial charge is 0.478 e. The molecule has 0 bridgehead atoms. The lowest BCUT2D eigenvalue weighted by molar-refractivity contribution is -0.434. The molecule has 0 saturated heterocycles. The summed E-state index contributed by atoms with van der Waals surface area (Å²) in [5, 5.41) is 35.7. The minimum absolute atomic E-state index is 0.0663. The summed E-state index contributed by atoms with van der Waals surface area (Å²) in [7, 11) is -24.4. The van der Waals surface area contributed by atoms with E-state index in [0.717, 1.165) is 24.3 Å². The molecule has 0 unspecified atom stereocenters. The van der Waals surface area contributed by atoms with E-state index in [2.05, 4.69) is 38.2 Å². The highest BCUT2D eigenvalue weighted by molar-refractivity contribution is 7.92. The predicted octanol–water partition coefficient (Wildman–Crippen LogP) is 2.24. The number of nitrogens with two attached hydrogens (primary N) is 2. The van der Waals surface area contributed by atoms with Gasteiger partial charge in [-0.05, 0) is 42.5 Å². The molecule has 0 heterocycles. The predicted molar refractivity (Wildman–Crippen MR) is 183 cm³/mol. The maximum absolute atomic E-state index is 12.7. The van der Waals surface area contributed by atoms with E-state index >= 15 is 0 Å². The van der Waals surface area contributed by atoms with Crippen molar-refractivity contribution in [3.8, 4) is 0 Å². The van der Waals surface area contributed by atoms with Gasteiger partial charge in [0.15, 0.2) is 32.0 Å². The second-order valence-electron chi connectivity index (χ2n) is 9.96. The molecule has 0 aromatic heterocycles. The molecule has 0 spiro atoms. The number of hydrogen-bond acceptors (Lipinski definition) is 23. The summed E-state index contributed by atoms with van der Waals surface area (Å²) >= 11 is 0.0663. The third kappa shape index (κ3) is 12.4. The van der Waals surface area contributed by atoms with Gasteiger partial charge in [0.25, 0.3) is 20.2 Å². The van der Waals surface area contributed by atoms with Crippen LogP contribution in [0.5, 0.6) is 0 Å². The normalized spacial score (nSPS) is 13.2. The van der Waals surface area contributed by atoms with Crippen LogP contribution in [0.3, 0.4) is 0 Å². The topological polar surface area (TPSA) is 427 Å². The Hall–Kier alpha value is -4.29. The Bertz CT molecular complexity index is 2600. The Labute approximate surface area is 314 Å². The van der Waals surface area contributed by atoms with E-state index in [4.69, 9.17) is 21.3 Å². The smallest absolute Gasteiger partial charge is 0.397 e. The number of benzene rings is 3. The molecule has 0 atom stereocenters. The fourth-order valence-electron chi connectivity index (χ4n) is 3.98. The number of nitrogen functional groups attached to an aromatic ring is 2. The lowest BCUT2D eigenvalue weighted by Crippen LogP contribution is -2.16. The van der Waals surface area contributed by atoms with Gasteiger partial charge in [-0.15, -0.1) is 24.8 Å². The van der Waals surface area contributed by atoms with E-state index in [-0.39, 0.29) is 12.3 Å². The van der Waals surface area contributed by atoms with Gasteiger partial charge in [0.2, 0.25) is 0 Å². The summed E-state index contributed by atoms with van der Waals surface area (Å²) in [6, 6.07) is 4.84. The minimum Gasteiger partial charge on any atom is -0.478 e. The van der Waals surface area contributed by atoms with Crippen LogP contribution in [0.15, 0.2) is 82.5 Å². The number of carbonyl (C=O) groups is 1. The first-order valence-corrected chi connectivity index (χ1v) is 21.9. The Morgan fingerprint density at radius 2 is 1.11 bits per heavy atom. The van der Waals surface area contributed by atoms with Crippen LogP contribution in [-0.4, -0.2) is 96.8 Å². The van der Waals surface area contributed by atoms with Crippen molar-refractivity contribution in [2.45, 2.75) is 19.6 Å². The molecule has 26 nitrogen and oxygen atoms in total. The van der Waals surface area contributed by atoms with Gasteiger partial charge in [0.05, 0.1) is 45.9 Å². The third-order valence-electron chi connectivity index (χ3n) is 6.32. The maximum Gasteiger partial charge on any atom is 0.397 e. The number of sulfone groups is 2. The van der Waals surface area contributed by atoms with Crippen molar-refractivity contribution in [1.29, 1.82) is 0 Å². The number of anilines is 2. The molecular formula is C23H24N6O20S6. The minimum atomic E-state index is -5.31. The van der Waals surface area contributed by atoms with Crippen molar-refractivity contribution < 1.29 is 88.6 Å². The van der Waals surface area contributed by atoms with Crippen LogP contribution in [0, 0.1) is 0 Å². The van der Waals surface area contributed by atoms with E-state index in [1.807, 2.05) is 0 Å². The summed E-state index contributed by atoms with van der Waals surface area (Å²) in [6.07, 6.45) is 0. The maximum atomic E-state index is 12.7. The summed E-state index contributed by atoms with van der Waals surface area (Å²) in [5.74, 6) is -3.74. The molecule has 32 heteroatoms. The van der Waals surface area contributed by atoms with Crippen LogP contribution in [0.1, 0.15) is 10.4 Å². The van der Waals surface area contributed by atoms with Crippen molar-refractivity contribution in [3.05, 3.63) is 48.0 Å². The third-order valence-corrected chi connectivity index (χ3v) is 12.3. The monoisotopic (exact) mass is 896 g/mol. The van der Waals surface area contributed by atoms with Gasteiger partial charge in [-0.25, -0.2) is 31.1 Å². The van der Waals surface area contributed by atoms with E-state index in [1.165, 1.54) is 0 Å². The Balaban J connectivity index is 2.10. The van der Waals surface area contributed by atoms with E-state index in [9.17, 15) is 61.1 Å². The zero-order valence-corrected chi connectivity index (χ0v) is 31.5. The average molecular weight is 897 g/mol. The average Bonchev–Trinajstić information content (AvgIpc) is 3.05. The van der Waals surface area contributed by atoms with E-state index < -0.39 is 140 Å². The zero-order chi connectivity index (χ0) is 41.6. The summed E-state index contributed by atoms with van der Waals surface area (Å²) in [5.41, 5.74) is 6.64. The van der Waals surface area contributed by atoms with Crippen LogP contribution in [0.25, 0.3) is 0 Å². The number of aromatic carboxylic acids is 1. The molecule has 3 rings (SSSR count). The number of azo groups is 2. The van der Waals surface area contributed by atoms with Gasteiger partial charge in [0.1, 0.15) is 38.1 Å². The first-order chi connectivity index (χ1) is 25.3. The van der Waals surface area contributed by atoms with E-state index in [1.54, 1.807) is 0 Å². The number of nitrogens with zero attached hydrogens (tertiary/aromatic N) is 4. The SMILES string of the molecule is Nc1cc(N)c(/N=N/c2ccc(S(=O)(=O)CCOS(=O)(=O)O)cc2S(=O)(=O)O)c(C(=O)O)c1/N=N/c1ccc(S(=O)(=O)CCOSOOO)cc1S(=O)(=O)O. The number of carboxylic acid groups (broad SMARTS) is 1. The van der Waals surface area contributed by atoms with Crippen molar-refractivity contribution in [1.82, 2.24) is 0 Å². The molecule has 0 amide bonds. The summed E-state index contributed by atoms with van der Waals surface area (Å²) in [4.78, 5) is 8.62. The lowest BCUT2D eigenvalue weighted by atomic mass is 10.1. The van der Waals surface area contributed by atoms with Crippen LogP contribution in [0.4, 0.5) is 34.1 Å². The van der Waals surface area contributed by atoms with Gasteiger partial charge < -0.3 is 16.6 Å². The second kappa shape index (κ2) is 17.7.